The summed E-state index contributed by atoms with van der Waals surface area (Å²) in [5, 5.41) is 9.89. The second-order valence-electron chi connectivity index (χ2n) is 7.68. The molecule has 1 heterocycles. The number of aromatic hydroxyl groups is 1. The lowest BCUT2D eigenvalue weighted by Gasteiger charge is -2.54. The summed E-state index contributed by atoms with van der Waals surface area (Å²) in [6.07, 6.45) is 5.83. The molecule has 0 saturated carbocycles. The fourth-order valence-electron chi connectivity index (χ4n) is 4.49. The number of fused-ring (bicyclic) bond motifs is 4. The predicted molar refractivity (Wildman–Crippen MR) is 92.4 cm³/mol. The average Bonchev–Trinajstić information content (AvgIpc) is 2.46. The molecular formula is C20H29NO. The van der Waals surface area contributed by atoms with Crippen LogP contribution in [0.5, 0.6) is 5.75 Å². The van der Waals surface area contributed by atoms with Crippen LogP contribution in [0.4, 0.5) is 0 Å². The van der Waals surface area contributed by atoms with Crippen molar-refractivity contribution >= 4 is 0 Å². The van der Waals surface area contributed by atoms with Crippen molar-refractivity contribution in [2.75, 3.05) is 13.1 Å². The second kappa shape index (κ2) is 5.73. The van der Waals surface area contributed by atoms with Crippen molar-refractivity contribution < 1.29 is 5.11 Å². The van der Waals surface area contributed by atoms with Gasteiger partial charge in [0.1, 0.15) is 5.75 Å². The van der Waals surface area contributed by atoms with Crippen molar-refractivity contribution in [3.63, 3.8) is 0 Å². The van der Waals surface area contributed by atoms with Crippen molar-refractivity contribution in [3.8, 4) is 5.75 Å². The van der Waals surface area contributed by atoms with E-state index in [1.807, 2.05) is 12.1 Å². The molecule has 3 rings (SSSR count). The Hall–Kier alpha value is -1.28. The molecule has 2 nitrogen and oxygen atoms in total. The van der Waals surface area contributed by atoms with Gasteiger partial charge in [-0.05, 0) is 74.2 Å². The van der Waals surface area contributed by atoms with Crippen LogP contribution in [0, 0.1) is 5.92 Å². The Bertz CT molecular complexity index is 587. The fraction of sp³-hybridized carbons (Fsp3) is 0.600. The number of allylic oxidation sites excluding steroid dienone is 1. The van der Waals surface area contributed by atoms with E-state index >= 15 is 0 Å². The summed E-state index contributed by atoms with van der Waals surface area (Å²) in [6, 6.07) is 6.64. The number of phenols is 1. The third-order valence-corrected chi connectivity index (χ3v) is 6.08. The van der Waals surface area contributed by atoms with Crippen LogP contribution in [-0.2, 0) is 11.8 Å². The molecule has 2 bridgehead atoms. The van der Waals surface area contributed by atoms with Gasteiger partial charge in [-0.1, -0.05) is 31.6 Å². The van der Waals surface area contributed by atoms with Gasteiger partial charge >= 0.3 is 0 Å². The summed E-state index contributed by atoms with van der Waals surface area (Å²) in [6.45, 7) is 11.5. The van der Waals surface area contributed by atoms with E-state index < -0.39 is 0 Å². The summed E-state index contributed by atoms with van der Waals surface area (Å²) >= 11 is 0. The Labute approximate surface area is 134 Å². The Balaban J connectivity index is 1.86. The third-order valence-electron chi connectivity index (χ3n) is 6.08. The predicted octanol–water partition coefficient (Wildman–Crippen LogP) is 4.27. The molecule has 1 aromatic carbocycles. The minimum atomic E-state index is 0.212. The number of rotatable bonds is 3. The number of piperidine rings is 1. The van der Waals surface area contributed by atoms with E-state index in [0.717, 1.165) is 12.8 Å². The van der Waals surface area contributed by atoms with Crippen molar-refractivity contribution in [2.45, 2.75) is 58.4 Å². The highest BCUT2D eigenvalue weighted by Gasteiger charge is 2.48. The van der Waals surface area contributed by atoms with Crippen LogP contribution in [0.3, 0.4) is 0 Å². The molecule has 1 aliphatic heterocycles. The van der Waals surface area contributed by atoms with Crippen molar-refractivity contribution in [3.05, 3.63) is 41.0 Å². The summed E-state index contributed by atoms with van der Waals surface area (Å²) in [5.74, 6) is 1.05. The number of hydrogen-bond donors (Lipinski definition) is 1. The number of benzene rings is 1. The lowest BCUT2D eigenvalue weighted by Crippen LogP contribution is -2.58. The molecule has 0 amide bonds. The van der Waals surface area contributed by atoms with Crippen LogP contribution in [0.2, 0.25) is 0 Å². The highest BCUT2D eigenvalue weighted by atomic mass is 16.3. The van der Waals surface area contributed by atoms with Gasteiger partial charge in [0, 0.05) is 12.6 Å². The summed E-state index contributed by atoms with van der Waals surface area (Å²) < 4.78 is 0. The van der Waals surface area contributed by atoms with E-state index in [1.54, 1.807) is 0 Å². The second-order valence-corrected chi connectivity index (χ2v) is 7.68. The lowest BCUT2D eigenvalue weighted by atomic mass is 9.59. The van der Waals surface area contributed by atoms with E-state index in [1.165, 1.54) is 36.2 Å². The molecule has 3 unspecified atom stereocenters. The zero-order chi connectivity index (χ0) is 15.9. The topological polar surface area (TPSA) is 23.5 Å². The van der Waals surface area contributed by atoms with Crippen LogP contribution >= 0.6 is 0 Å². The third kappa shape index (κ3) is 2.58. The van der Waals surface area contributed by atoms with Gasteiger partial charge in [0.15, 0.2) is 0 Å². The van der Waals surface area contributed by atoms with Crippen LogP contribution in [-0.4, -0.2) is 29.1 Å². The minimum absolute atomic E-state index is 0.212. The maximum atomic E-state index is 9.89. The smallest absolute Gasteiger partial charge is 0.115 e. The first kappa shape index (κ1) is 15.6. The Kier molecular flexibility index (Phi) is 4.07. The Morgan fingerprint density at radius 1 is 1.41 bits per heavy atom. The largest absolute Gasteiger partial charge is 0.508 e. The fourth-order valence-corrected chi connectivity index (χ4v) is 4.49. The highest BCUT2D eigenvalue weighted by Crippen LogP contribution is 2.49. The standard InChI is InChI=1S/C20H29NO/c1-14(2)6-5-10-21-11-9-20(4)15(3)19(21)12-16-7-8-17(22)13-18(16)20/h6-8,13,15,19,22H,5,9-12H2,1-4H3. The SMILES string of the molecule is CC(C)=CCCN1CCC2(C)c3cc(O)ccc3CC1C2C. The van der Waals surface area contributed by atoms with E-state index in [2.05, 4.69) is 44.7 Å². The summed E-state index contributed by atoms with van der Waals surface area (Å²) in [5.41, 5.74) is 4.46. The molecular weight excluding hydrogens is 270 g/mol. The molecule has 1 aromatic rings. The molecule has 3 atom stereocenters. The molecule has 1 aliphatic carbocycles. The molecule has 0 aromatic heterocycles. The van der Waals surface area contributed by atoms with Crippen molar-refractivity contribution in [1.29, 1.82) is 0 Å². The normalized spacial score (nSPS) is 30.7. The Morgan fingerprint density at radius 2 is 2.18 bits per heavy atom. The molecule has 1 saturated heterocycles. The van der Waals surface area contributed by atoms with Crippen LogP contribution in [0.15, 0.2) is 29.8 Å². The van der Waals surface area contributed by atoms with Gasteiger partial charge in [-0.3, -0.25) is 4.90 Å². The van der Waals surface area contributed by atoms with Crippen LogP contribution in [0.1, 0.15) is 51.7 Å². The first-order valence-corrected chi connectivity index (χ1v) is 8.61. The highest BCUT2D eigenvalue weighted by molar-refractivity contribution is 5.44. The average molecular weight is 299 g/mol. The molecule has 1 N–H and O–H groups in total. The molecule has 22 heavy (non-hydrogen) atoms. The number of phenolic OH excluding ortho intramolecular Hbond substituents is 1. The maximum Gasteiger partial charge on any atom is 0.115 e. The molecule has 2 heteroatoms. The molecule has 0 spiro atoms. The van der Waals surface area contributed by atoms with Crippen LogP contribution in [0.25, 0.3) is 0 Å². The maximum absolute atomic E-state index is 9.89. The minimum Gasteiger partial charge on any atom is -0.508 e. The van der Waals surface area contributed by atoms with Gasteiger partial charge in [0.2, 0.25) is 0 Å². The van der Waals surface area contributed by atoms with Gasteiger partial charge in [-0.25, -0.2) is 0 Å². The van der Waals surface area contributed by atoms with Gasteiger partial charge in [0.05, 0.1) is 0 Å². The number of likely N-dealkylation sites (tertiary alicyclic amines) is 1. The van der Waals surface area contributed by atoms with Crippen molar-refractivity contribution in [2.24, 2.45) is 5.92 Å². The van der Waals surface area contributed by atoms with E-state index in [4.69, 9.17) is 0 Å². The molecule has 120 valence electrons. The Morgan fingerprint density at radius 3 is 2.91 bits per heavy atom. The number of nitrogens with zero attached hydrogens (tertiary/aromatic N) is 1. The number of hydrogen-bond acceptors (Lipinski definition) is 2. The summed E-state index contributed by atoms with van der Waals surface area (Å²) in [4.78, 5) is 2.70. The van der Waals surface area contributed by atoms with E-state index in [0.29, 0.717) is 17.7 Å². The van der Waals surface area contributed by atoms with Gasteiger partial charge in [-0.15, -0.1) is 0 Å². The van der Waals surface area contributed by atoms with E-state index in [-0.39, 0.29) is 5.41 Å². The van der Waals surface area contributed by atoms with E-state index in [9.17, 15) is 5.11 Å². The molecule has 1 fully saturated rings. The van der Waals surface area contributed by atoms with Crippen molar-refractivity contribution in [1.82, 2.24) is 4.90 Å². The van der Waals surface area contributed by atoms with Gasteiger partial charge in [-0.2, -0.15) is 0 Å². The van der Waals surface area contributed by atoms with Gasteiger partial charge < -0.3 is 5.11 Å². The zero-order valence-electron chi connectivity index (χ0n) is 14.4. The molecule has 0 radical (unpaired) electrons. The lowest BCUT2D eigenvalue weighted by molar-refractivity contribution is 0.0326. The monoisotopic (exact) mass is 299 g/mol. The van der Waals surface area contributed by atoms with Crippen LogP contribution < -0.4 is 0 Å². The first-order valence-electron chi connectivity index (χ1n) is 8.61. The summed E-state index contributed by atoms with van der Waals surface area (Å²) in [7, 11) is 0. The van der Waals surface area contributed by atoms with Gasteiger partial charge in [0.25, 0.3) is 0 Å². The first-order chi connectivity index (χ1) is 10.4. The zero-order valence-corrected chi connectivity index (χ0v) is 14.4. The quantitative estimate of drug-likeness (QED) is 0.842. The molecule has 2 aliphatic rings.